The first-order chi connectivity index (χ1) is 4.87. The third-order valence-electron chi connectivity index (χ3n) is 0.804. The minimum atomic E-state index is -0.688. The average Bonchev–Trinajstić information content (AvgIpc) is 1.82. The van der Waals surface area contributed by atoms with Crippen molar-refractivity contribution in [1.82, 2.24) is 4.90 Å². The molecule has 0 atom stereocenters. The zero-order chi connectivity index (χ0) is 9.07. The lowest BCUT2D eigenvalue weighted by molar-refractivity contribution is 0.0399. The SMILES string of the molecule is CN([C]=O)C(=O)OC(C)(C)C. The molecule has 0 aromatic carbocycles. The van der Waals surface area contributed by atoms with E-state index in [-0.39, 0.29) is 0 Å². The molecule has 4 nitrogen and oxygen atoms in total. The molecular formula is C7H12NO3. The molecule has 0 fully saturated rings. The second-order valence-electron chi connectivity index (χ2n) is 3.13. The molecule has 0 bridgehead atoms. The standard InChI is InChI=1S/C7H12NO3/c1-7(2,3)11-6(10)8(4)5-9/h1-4H3. The van der Waals surface area contributed by atoms with Gasteiger partial charge in [-0.1, -0.05) is 0 Å². The summed E-state index contributed by atoms with van der Waals surface area (Å²) in [5.74, 6) is 0. The Balaban J connectivity index is 3.98. The van der Waals surface area contributed by atoms with Gasteiger partial charge >= 0.3 is 12.5 Å². The van der Waals surface area contributed by atoms with Crippen molar-refractivity contribution in [3.63, 3.8) is 0 Å². The van der Waals surface area contributed by atoms with Crippen molar-refractivity contribution in [2.24, 2.45) is 0 Å². The van der Waals surface area contributed by atoms with Crippen LogP contribution >= 0.6 is 0 Å². The van der Waals surface area contributed by atoms with Gasteiger partial charge in [-0.3, -0.25) is 4.79 Å². The van der Waals surface area contributed by atoms with E-state index in [0.29, 0.717) is 0 Å². The highest BCUT2D eigenvalue weighted by Gasteiger charge is 2.19. The van der Waals surface area contributed by atoms with Gasteiger partial charge < -0.3 is 4.74 Å². The number of hydrogen-bond donors (Lipinski definition) is 0. The first-order valence-corrected chi connectivity index (χ1v) is 3.21. The number of rotatable bonds is 1. The Kier molecular flexibility index (Phi) is 3.04. The summed E-state index contributed by atoms with van der Waals surface area (Å²) in [4.78, 5) is 21.5. The van der Waals surface area contributed by atoms with E-state index in [9.17, 15) is 9.59 Å². The van der Waals surface area contributed by atoms with Crippen molar-refractivity contribution in [1.29, 1.82) is 0 Å². The van der Waals surface area contributed by atoms with Crippen molar-refractivity contribution < 1.29 is 14.3 Å². The lowest BCUT2D eigenvalue weighted by Gasteiger charge is -2.20. The highest BCUT2D eigenvalue weighted by molar-refractivity contribution is 5.80. The molecule has 0 aromatic heterocycles. The van der Waals surface area contributed by atoms with E-state index in [1.54, 1.807) is 20.8 Å². The molecule has 0 saturated carbocycles. The Labute approximate surface area is 66.1 Å². The van der Waals surface area contributed by atoms with Gasteiger partial charge in [0.1, 0.15) is 5.60 Å². The van der Waals surface area contributed by atoms with Crippen LogP contribution in [0.4, 0.5) is 4.79 Å². The molecule has 11 heavy (non-hydrogen) atoms. The second-order valence-corrected chi connectivity index (χ2v) is 3.13. The number of imide groups is 1. The van der Waals surface area contributed by atoms with Gasteiger partial charge in [0.2, 0.25) is 0 Å². The van der Waals surface area contributed by atoms with Crippen LogP contribution in [-0.4, -0.2) is 30.1 Å². The summed E-state index contributed by atoms with van der Waals surface area (Å²) in [5, 5.41) is 0. The van der Waals surface area contributed by atoms with Crippen molar-refractivity contribution in [3.8, 4) is 0 Å². The van der Waals surface area contributed by atoms with Gasteiger partial charge in [0, 0.05) is 7.05 Å². The minimum absolute atomic E-state index is 0.567. The molecule has 2 amide bonds. The normalized spacial score (nSPS) is 10.5. The molecule has 63 valence electrons. The van der Waals surface area contributed by atoms with Crippen LogP contribution in [0, 0.1) is 0 Å². The maximum Gasteiger partial charge on any atom is 0.417 e. The third-order valence-corrected chi connectivity index (χ3v) is 0.804. The molecule has 0 unspecified atom stereocenters. The number of amides is 2. The van der Waals surface area contributed by atoms with Gasteiger partial charge in [-0.15, -0.1) is 0 Å². The van der Waals surface area contributed by atoms with Crippen LogP contribution in [0.25, 0.3) is 0 Å². The molecule has 0 spiro atoms. The Morgan fingerprint density at radius 3 is 2.18 bits per heavy atom. The molecule has 0 aliphatic carbocycles. The molecule has 4 heteroatoms. The van der Waals surface area contributed by atoms with Crippen LogP contribution in [0.5, 0.6) is 0 Å². The van der Waals surface area contributed by atoms with E-state index in [0.717, 1.165) is 4.90 Å². The topological polar surface area (TPSA) is 46.6 Å². The Hall–Kier alpha value is -1.06. The number of nitrogens with zero attached hydrogens (tertiary/aromatic N) is 1. The highest BCUT2D eigenvalue weighted by atomic mass is 16.6. The first kappa shape index (κ1) is 9.94. The summed E-state index contributed by atoms with van der Waals surface area (Å²) in [6.07, 6.45) is 0.709. The maximum atomic E-state index is 10.8. The highest BCUT2D eigenvalue weighted by Crippen LogP contribution is 2.07. The largest absolute Gasteiger partial charge is 0.443 e. The van der Waals surface area contributed by atoms with Crippen LogP contribution in [0.1, 0.15) is 20.8 Å². The minimum Gasteiger partial charge on any atom is -0.443 e. The van der Waals surface area contributed by atoms with Gasteiger partial charge in [0.25, 0.3) is 0 Å². The van der Waals surface area contributed by atoms with Gasteiger partial charge in [-0.25, -0.2) is 9.69 Å². The van der Waals surface area contributed by atoms with Crippen LogP contribution in [-0.2, 0) is 9.53 Å². The van der Waals surface area contributed by atoms with Crippen molar-refractivity contribution in [2.75, 3.05) is 7.05 Å². The summed E-state index contributed by atoms with van der Waals surface area (Å²) < 4.78 is 4.81. The van der Waals surface area contributed by atoms with Crippen molar-refractivity contribution in [3.05, 3.63) is 0 Å². The molecule has 0 rings (SSSR count). The van der Waals surface area contributed by atoms with E-state index in [1.165, 1.54) is 13.5 Å². The number of carbonyl (C=O) groups excluding carboxylic acids is 2. The predicted molar refractivity (Wildman–Crippen MR) is 39.7 cm³/mol. The molecule has 0 saturated heterocycles. The zero-order valence-electron chi connectivity index (χ0n) is 7.17. The first-order valence-electron chi connectivity index (χ1n) is 3.21. The predicted octanol–water partition coefficient (Wildman–Crippen LogP) is 0.920. The second kappa shape index (κ2) is 3.37. The summed E-state index contributed by atoms with van der Waals surface area (Å²) in [7, 11) is 1.29. The lowest BCUT2D eigenvalue weighted by atomic mass is 10.2. The van der Waals surface area contributed by atoms with E-state index in [2.05, 4.69) is 0 Å². The molecule has 0 aromatic rings. The lowest BCUT2D eigenvalue weighted by Crippen LogP contribution is -2.33. The number of carbonyl (C=O) groups is 1. The van der Waals surface area contributed by atoms with Crippen LogP contribution in [0.15, 0.2) is 0 Å². The molecule has 1 radical (unpaired) electrons. The third kappa shape index (κ3) is 4.36. The molecule has 0 aliphatic rings. The monoisotopic (exact) mass is 158 g/mol. The summed E-state index contributed by atoms with van der Waals surface area (Å²) >= 11 is 0. The van der Waals surface area contributed by atoms with Crippen LogP contribution in [0.3, 0.4) is 0 Å². The molecule has 0 aliphatic heterocycles. The number of hydrogen-bond acceptors (Lipinski definition) is 3. The number of ether oxygens (including phenoxy) is 1. The summed E-state index contributed by atoms with van der Waals surface area (Å²) in [6, 6.07) is 0. The van der Waals surface area contributed by atoms with Crippen LogP contribution < -0.4 is 0 Å². The maximum absolute atomic E-state index is 10.8. The Morgan fingerprint density at radius 1 is 1.45 bits per heavy atom. The summed E-state index contributed by atoms with van der Waals surface area (Å²) in [6.45, 7) is 5.18. The Morgan fingerprint density at radius 2 is 1.91 bits per heavy atom. The molecule has 0 N–H and O–H groups in total. The summed E-state index contributed by atoms with van der Waals surface area (Å²) in [5.41, 5.74) is -0.567. The quantitative estimate of drug-likeness (QED) is 0.533. The van der Waals surface area contributed by atoms with Crippen LogP contribution in [0.2, 0.25) is 0 Å². The molecule has 0 heterocycles. The average molecular weight is 158 g/mol. The van der Waals surface area contributed by atoms with Crippen molar-refractivity contribution >= 4 is 12.5 Å². The Bertz CT molecular complexity index is 160. The fraction of sp³-hybridized carbons (Fsp3) is 0.714. The fourth-order valence-electron chi connectivity index (χ4n) is 0.368. The fourth-order valence-corrected chi connectivity index (χ4v) is 0.368. The van der Waals surface area contributed by atoms with E-state index in [4.69, 9.17) is 4.74 Å². The van der Waals surface area contributed by atoms with Crippen molar-refractivity contribution in [2.45, 2.75) is 26.4 Å². The van der Waals surface area contributed by atoms with E-state index >= 15 is 0 Å². The van der Waals surface area contributed by atoms with Gasteiger partial charge in [-0.2, -0.15) is 0 Å². The van der Waals surface area contributed by atoms with Gasteiger partial charge in [0.05, 0.1) is 0 Å². The smallest absolute Gasteiger partial charge is 0.417 e. The zero-order valence-corrected chi connectivity index (χ0v) is 7.17. The van der Waals surface area contributed by atoms with Gasteiger partial charge in [-0.05, 0) is 20.8 Å². The molecular weight excluding hydrogens is 146 g/mol. The van der Waals surface area contributed by atoms with E-state index < -0.39 is 11.7 Å². The van der Waals surface area contributed by atoms with E-state index in [1.807, 2.05) is 0 Å². The van der Waals surface area contributed by atoms with Gasteiger partial charge in [0.15, 0.2) is 0 Å².